The largest absolute Gasteiger partial charge is 0.396 e. The van der Waals surface area contributed by atoms with E-state index in [1.165, 1.54) is 6.42 Å². The van der Waals surface area contributed by atoms with Crippen LogP contribution in [0.4, 0.5) is 0 Å². The summed E-state index contributed by atoms with van der Waals surface area (Å²) in [6.45, 7) is 4.94. The van der Waals surface area contributed by atoms with Crippen LogP contribution in [0.15, 0.2) is 0 Å². The topological polar surface area (TPSA) is 41.5 Å². The van der Waals surface area contributed by atoms with Crippen molar-refractivity contribution in [1.29, 1.82) is 0 Å². The van der Waals surface area contributed by atoms with Crippen molar-refractivity contribution in [2.24, 2.45) is 5.92 Å². The zero-order valence-corrected chi connectivity index (χ0v) is 7.75. The maximum atomic E-state index is 8.79. The van der Waals surface area contributed by atoms with Gasteiger partial charge < -0.3 is 15.2 Å². The summed E-state index contributed by atoms with van der Waals surface area (Å²) in [6, 6.07) is 0.507. The Bertz CT molecular complexity index is 113. The third kappa shape index (κ3) is 3.52. The first-order valence-corrected chi connectivity index (χ1v) is 4.75. The standard InChI is InChI=1S/C9H19NO2/c1-8(6-11)5-10-9-3-2-4-12-7-9/h8-11H,2-7H2,1H3. The highest BCUT2D eigenvalue weighted by molar-refractivity contribution is 4.70. The molecule has 1 aliphatic heterocycles. The first-order valence-electron chi connectivity index (χ1n) is 4.75. The molecule has 1 heterocycles. The number of aliphatic hydroxyl groups is 1. The molecule has 2 atom stereocenters. The molecule has 3 nitrogen and oxygen atoms in total. The Morgan fingerprint density at radius 3 is 3.08 bits per heavy atom. The van der Waals surface area contributed by atoms with Gasteiger partial charge in [-0.3, -0.25) is 0 Å². The van der Waals surface area contributed by atoms with Crippen LogP contribution in [0.5, 0.6) is 0 Å². The minimum atomic E-state index is 0.264. The molecule has 0 saturated carbocycles. The fourth-order valence-electron chi connectivity index (χ4n) is 1.33. The fourth-order valence-corrected chi connectivity index (χ4v) is 1.33. The van der Waals surface area contributed by atoms with Crippen molar-refractivity contribution < 1.29 is 9.84 Å². The average molecular weight is 173 g/mol. The predicted molar refractivity (Wildman–Crippen MR) is 48.1 cm³/mol. The second-order valence-corrected chi connectivity index (χ2v) is 3.61. The van der Waals surface area contributed by atoms with Gasteiger partial charge in [0.1, 0.15) is 0 Å². The molecule has 1 fully saturated rings. The third-order valence-electron chi connectivity index (χ3n) is 2.23. The van der Waals surface area contributed by atoms with Gasteiger partial charge >= 0.3 is 0 Å². The first-order chi connectivity index (χ1) is 5.83. The normalized spacial score (nSPS) is 27.0. The van der Waals surface area contributed by atoms with Gasteiger partial charge in [0.05, 0.1) is 6.61 Å². The molecule has 72 valence electrons. The van der Waals surface area contributed by atoms with Gasteiger partial charge in [0.25, 0.3) is 0 Å². The number of hydrogen-bond donors (Lipinski definition) is 2. The molecule has 12 heavy (non-hydrogen) atoms. The summed E-state index contributed by atoms with van der Waals surface area (Å²) in [7, 11) is 0. The van der Waals surface area contributed by atoms with E-state index in [0.717, 1.165) is 26.2 Å². The van der Waals surface area contributed by atoms with Crippen LogP contribution in [0.2, 0.25) is 0 Å². The third-order valence-corrected chi connectivity index (χ3v) is 2.23. The molecular formula is C9H19NO2. The molecule has 0 aromatic carbocycles. The quantitative estimate of drug-likeness (QED) is 0.646. The van der Waals surface area contributed by atoms with E-state index in [-0.39, 0.29) is 6.61 Å². The zero-order valence-electron chi connectivity index (χ0n) is 7.75. The van der Waals surface area contributed by atoms with E-state index in [1.807, 2.05) is 6.92 Å². The fraction of sp³-hybridized carbons (Fsp3) is 1.00. The van der Waals surface area contributed by atoms with Crippen molar-refractivity contribution in [2.75, 3.05) is 26.4 Å². The van der Waals surface area contributed by atoms with Crippen molar-refractivity contribution in [2.45, 2.75) is 25.8 Å². The minimum absolute atomic E-state index is 0.264. The van der Waals surface area contributed by atoms with E-state index in [9.17, 15) is 0 Å². The van der Waals surface area contributed by atoms with E-state index in [0.29, 0.717) is 12.0 Å². The van der Waals surface area contributed by atoms with Crippen LogP contribution in [-0.2, 0) is 4.74 Å². The maximum absolute atomic E-state index is 8.79. The van der Waals surface area contributed by atoms with Crippen molar-refractivity contribution in [1.82, 2.24) is 5.32 Å². The van der Waals surface area contributed by atoms with Crippen LogP contribution in [0.3, 0.4) is 0 Å². The van der Waals surface area contributed by atoms with Crippen LogP contribution < -0.4 is 5.32 Å². The number of nitrogens with one attached hydrogen (secondary N) is 1. The molecule has 1 aliphatic rings. The lowest BCUT2D eigenvalue weighted by atomic mass is 10.1. The summed E-state index contributed by atoms with van der Waals surface area (Å²) in [5, 5.41) is 12.2. The van der Waals surface area contributed by atoms with Crippen LogP contribution in [0, 0.1) is 5.92 Å². The second-order valence-electron chi connectivity index (χ2n) is 3.61. The first kappa shape index (κ1) is 9.96. The van der Waals surface area contributed by atoms with Crippen LogP contribution >= 0.6 is 0 Å². The van der Waals surface area contributed by atoms with Crippen molar-refractivity contribution in [3.8, 4) is 0 Å². The highest BCUT2D eigenvalue weighted by Crippen LogP contribution is 2.05. The van der Waals surface area contributed by atoms with Gasteiger partial charge in [0, 0.05) is 25.8 Å². The summed E-state index contributed by atoms with van der Waals surface area (Å²) in [6.07, 6.45) is 2.36. The summed E-state index contributed by atoms with van der Waals surface area (Å²) in [5.74, 6) is 0.354. The van der Waals surface area contributed by atoms with Crippen molar-refractivity contribution in [3.63, 3.8) is 0 Å². The highest BCUT2D eigenvalue weighted by atomic mass is 16.5. The molecule has 0 spiro atoms. The molecule has 0 aromatic heterocycles. The van der Waals surface area contributed by atoms with E-state index >= 15 is 0 Å². The average Bonchev–Trinajstić information content (AvgIpc) is 2.16. The van der Waals surface area contributed by atoms with E-state index in [1.54, 1.807) is 0 Å². The molecule has 2 N–H and O–H groups in total. The smallest absolute Gasteiger partial charge is 0.0619 e. The van der Waals surface area contributed by atoms with E-state index < -0.39 is 0 Å². The van der Waals surface area contributed by atoms with Crippen LogP contribution in [-0.4, -0.2) is 37.5 Å². The van der Waals surface area contributed by atoms with Gasteiger partial charge in [-0.05, 0) is 18.8 Å². The lowest BCUT2D eigenvalue weighted by molar-refractivity contribution is 0.0681. The summed E-state index contributed by atoms with van der Waals surface area (Å²) in [5.41, 5.74) is 0. The van der Waals surface area contributed by atoms with Gasteiger partial charge in [-0.2, -0.15) is 0 Å². The molecule has 0 aromatic rings. The van der Waals surface area contributed by atoms with Gasteiger partial charge in [0.2, 0.25) is 0 Å². The van der Waals surface area contributed by atoms with Gasteiger partial charge in [-0.15, -0.1) is 0 Å². The van der Waals surface area contributed by atoms with Crippen LogP contribution in [0.1, 0.15) is 19.8 Å². The SMILES string of the molecule is CC(CO)CNC1CCCOC1. The highest BCUT2D eigenvalue weighted by Gasteiger charge is 2.13. The molecule has 1 saturated heterocycles. The monoisotopic (exact) mass is 173 g/mol. The Kier molecular flexibility index (Phi) is 4.58. The van der Waals surface area contributed by atoms with Gasteiger partial charge in [-0.25, -0.2) is 0 Å². The zero-order chi connectivity index (χ0) is 8.81. The second kappa shape index (κ2) is 5.51. The minimum Gasteiger partial charge on any atom is -0.396 e. The summed E-state index contributed by atoms with van der Waals surface area (Å²) in [4.78, 5) is 0. The molecule has 3 heteroatoms. The molecule has 0 amide bonds. The number of hydrogen-bond acceptors (Lipinski definition) is 3. The number of rotatable bonds is 4. The molecular weight excluding hydrogens is 154 g/mol. The number of aliphatic hydroxyl groups excluding tert-OH is 1. The molecule has 0 bridgehead atoms. The van der Waals surface area contributed by atoms with Gasteiger partial charge in [0.15, 0.2) is 0 Å². The Balaban J connectivity index is 2.05. The van der Waals surface area contributed by atoms with E-state index in [2.05, 4.69) is 5.32 Å². The molecule has 1 rings (SSSR count). The number of ether oxygens (including phenoxy) is 1. The van der Waals surface area contributed by atoms with Crippen LogP contribution in [0.25, 0.3) is 0 Å². The van der Waals surface area contributed by atoms with Crippen molar-refractivity contribution in [3.05, 3.63) is 0 Å². The molecule has 0 aliphatic carbocycles. The lowest BCUT2D eigenvalue weighted by Crippen LogP contribution is -2.39. The Hall–Kier alpha value is -0.120. The summed E-state index contributed by atoms with van der Waals surface area (Å²) < 4.78 is 5.32. The predicted octanol–water partition coefficient (Wildman–Crippen LogP) is 0.383. The van der Waals surface area contributed by atoms with Crippen molar-refractivity contribution >= 4 is 0 Å². The Morgan fingerprint density at radius 2 is 2.50 bits per heavy atom. The molecule has 2 unspecified atom stereocenters. The molecule has 0 radical (unpaired) electrons. The Morgan fingerprint density at radius 1 is 1.67 bits per heavy atom. The van der Waals surface area contributed by atoms with Gasteiger partial charge in [-0.1, -0.05) is 6.92 Å². The van der Waals surface area contributed by atoms with E-state index in [4.69, 9.17) is 9.84 Å². The maximum Gasteiger partial charge on any atom is 0.0619 e. The lowest BCUT2D eigenvalue weighted by Gasteiger charge is -2.24. The summed E-state index contributed by atoms with van der Waals surface area (Å²) >= 11 is 0. The Labute approximate surface area is 74.1 Å².